The van der Waals surface area contributed by atoms with Crippen LogP contribution in [0.15, 0.2) is 42.5 Å². The minimum Gasteiger partial charge on any atom is -0.508 e. The van der Waals surface area contributed by atoms with Gasteiger partial charge in [-0.2, -0.15) is 5.26 Å². The van der Waals surface area contributed by atoms with Gasteiger partial charge in [0.1, 0.15) is 11.6 Å². The number of halogens is 1. The van der Waals surface area contributed by atoms with Gasteiger partial charge in [-0.1, -0.05) is 6.07 Å². The van der Waals surface area contributed by atoms with Crippen LogP contribution in [-0.4, -0.2) is 5.11 Å². The van der Waals surface area contributed by atoms with Crippen molar-refractivity contribution in [2.24, 2.45) is 0 Å². The highest BCUT2D eigenvalue weighted by molar-refractivity contribution is 5.49. The van der Waals surface area contributed by atoms with Crippen LogP contribution < -0.4 is 5.32 Å². The lowest BCUT2D eigenvalue weighted by atomic mass is 10.1. The van der Waals surface area contributed by atoms with Crippen molar-refractivity contribution in [2.75, 3.05) is 5.32 Å². The Morgan fingerprint density at radius 2 is 1.89 bits per heavy atom. The summed E-state index contributed by atoms with van der Waals surface area (Å²) in [4.78, 5) is 0. The molecule has 1 unspecified atom stereocenters. The van der Waals surface area contributed by atoms with E-state index in [-0.39, 0.29) is 11.8 Å². The van der Waals surface area contributed by atoms with Crippen LogP contribution in [0.5, 0.6) is 5.75 Å². The Bertz CT molecular complexity index is 617. The molecule has 0 aliphatic heterocycles. The number of rotatable bonds is 3. The van der Waals surface area contributed by atoms with E-state index in [4.69, 9.17) is 5.26 Å². The molecule has 96 valence electrons. The van der Waals surface area contributed by atoms with Crippen LogP contribution in [0.25, 0.3) is 0 Å². The zero-order chi connectivity index (χ0) is 13.8. The second-order valence-electron chi connectivity index (χ2n) is 4.26. The van der Waals surface area contributed by atoms with Crippen molar-refractivity contribution in [1.29, 1.82) is 5.26 Å². The Balaban J connectivity index is 2.16. The average Bonchev–Trinajstić information content (AvgIpc) is 2.39. The quantitative estimate of drug-likeness (QED) is 0.882. The molecule has 3 nitrogen and oxygen atoms in total. The van der Waals surface area contributed by atoms with Gasteiger partial charge < -0.3 is 10.4 Å². The standard InChI is InChI=1S/C15H13FN2O/c1-10(14-7-6-13(19)8-15(14)16)18-12-4-2-11(9-17)3-5-12/h2-8,10,18-19H,1H3. The number of phenolic OH excluding ortho intramolecular Hbond substituents is 1. The van der Waals surface area contributed by atoms with Gasteiger partial charge in [0.2, 0.25) is 0 Å². The number of phenols is 1. The average molecular weight is 256 g/mol. The molecule has 0 aliphatic carbocycles. The summed E-state index contributed by atoms with van der Waals surface area (Å²) >= 11 is 0. The first-order valence-electron chi connectivity index (χ1n) is 5.85. The van der Waals surface area contributed by atoms with E-state index in [1.807, 2.05) is 13.0 Å². The smallest absolute Gasteiger partial charge is 0.132 e. The van der Waals surface area contributed by atoms with Gasteiger partial charge in [0.15, 0.2) is 0 Å². The van der Waals surface area contributed by atoms with Crippen molar-refractivity contribution < 1.29 is 9.50 Å². The third-order valence-electron chi connectivity index (χ3n) is 2.85. The molecule has 2 N–H and O–H groups in total. The second kappa shape index (κ2) is 5.40. The Kier molecular flexibility index (Phi) is 3.67. The molecule has 0 radical (unpaired) electrons. The highest BCUT2D eigenvalue weighted by Crippen LogP contribution is 2.24. The first kappa shape index (κ1) is 12.9. The number of anilines is 1. The largest absolute Gasteiger partial charge is 0.508 e. The summed E-state index contributed by atoms with van der Waals surface area (Å²) in [6.45, 7) is 1.83. The van der Waals surface area contributed by atoms with Gasteiger partial charge in [-0.15, -0.1) is 0 Å². The molecule has 0 saturated heterocycles. The second-order valence-corrected chi connectivity index (χ2v) is 4.26. The van der Waals surface area contributed by atoms with Gasteiger partial charge in [0.05, 0.1) is 17.7 Å². The van der Waals surface area contributed by atoms with E-state index >= 15 is 0 Å². The molecule has 0 heterocycles. The van der Waals surface area contributed by atoms with E-state index in [0.29, 0.717) is 11.1 Å². The van der Waals surface area contributed by atoms with Gasteiger partial charge >= 0.3 is 0 Å². The summed E-state index contributed by atoms with van der Waals surface area (Å²) < 4.78 is 13.7. The fourth-order valence-corrected chi connectivity index (χ4v) is 1.84. The molecular formula is C15H13FN2O. The van der Waals surface area contributed by atoms with Gasteiger partial charge in [0, 0.05) is 17.3 Å². The van der Waals surface area contributed by atoms with Crippen LogP contribution in [0.2, 0.25) is 0 Å². The van der Waals surface area contributed by atoms with Gasteiger partial charge in [0.25, 0.3) is 0 Å². The summed E-state index contributed by atoms with van der Waals surface area (Å²) in [5, 5.41) is 21.0. The summed E-state index contributed by atoms with van der Waals surface area (Å²) in [6.07, 6.45) is 0. The Morgan fingerprint density at radius 1 is 1.21 bits per heavy atom. The molecule has 0 amide bonds. The molecule has 0 aliphatic rings. The van der Waals surface area contributed by atoms with Crippen LogP contribution in [0.4, 0.5) is 10.1 Å². The van der Waals surface area contributed by atoms with Crippen LogP contribution in [0.3, 0.4) is 0 Å². The predicted molar refractivity (Wildman–Crippen MR) is 71.3 cm³/mol. The summed E-state index contributed by atoms with van der Waals surface area (Å²) in [7, 11) is 0. The maximum atomic E-state index is 13.7. The van der Waals surface area contributed by atoms with Gasteiger partial charge in [-0.3, -0.25) is 0 Å². The molecule has 4 heteroatoms. The fraction of sp³-hybridized carbons (Fsp3) is 0.133. The van der Waals surface area contributed by atoms with E-state index in [2.05, 4.69) is 5.32 Å². The maximum absolute atomic E-state index is 13.7. The summed E-state index contributed by atoms with van der Waals surface area (Å²) in [5.41, 5.74) is 1.86. The highest BCUT2D eigenvalue weighted by atomic mass is 19.1. The van der Waals surface area contributed by atoms with Crippen LogP contribution in [-0.2, 0) is 0 Å². The van der Waals surface area contributed by atoms with E-state index in [0.717, 1.165) is 11.8 Å². The predicted octanol–water partition coefficient (Wildman–Crippen LogP) is 3.58. The zero-order valence-electron chi connectivity index (χ0n) is 10.4. The number of nitriles is 1. The molecular weight excluding hydrogens is 243 g/mol. The SMILES string of the molecule is CC(Nc1ccc(C#N)cc1)c1ccc(O)cc1F. The molecule has 0 aromatic heterocycles. The molecule has 2 rings (SSSR count). The lowest BCUT2D eigenvalue weighted by molar-refractivity contribution is 0.467. The van der Waals surface area contributed by atoms with Gasteiger partial charge in [-0.05, 0) is 37.3 Å². The Labute approximate surface area is 110 Å². The van der Waals surface area contributed by atoms with Crippen LogP contribution >= 0.6 is 0 Å². The number of benzene rings is 2. The van der Waals surface area contributed by atoms with E-state index in [9.17, 15) is 9.50 Å². The van der Waals surface area contributed by atoms with Crippen molar-refractivity contribution in [2.45, 2.75) is 13.0 Å². The summed E-state index contributed by atoms with van der Waals surface area (Å²) in [5.74, 6) is -0.541. The molecule has 0 saturated carbocycles. The van der Waals surface area contributed by atoms with E-state index < -0.39 is 5.82 Å². The number of nitrogens with zero attached hydrogens (tertiary/aromatic N) is 1. The molecule has 1 atom stereocenters. The first-order chi connectivity index (χ1) is 9.10. The fourth-order valence-electron chi connectivity index (χ4n) is 1.84. The molecule has 2 aromatic rings. The van der Waals surface area contributed by atoms with Crippen molar-refractivity contribution in [3.05, 3.63) is 59.4 Å². The van der Waals surface area contributed by atoms with Crippen LogP contribution in [0, 0.1) is 17.1 Å². The Morgan fingerprint density at radius 3 is 2.47 bits per heavy atom. The lowest BCUT2D eigenvalue weighted by Gasteiger charge is -2.16. The molecule has 2 aromatic carbocycles. The summed E-state index contributed by atoms with van der Waals surface area (Å²) in [6, 6.07) is 12.8. The number of hydrogen-bond acceptors (Lipinski definition) is 3. The minimum absolute atomic E-state index is 0.0909. The molecule has 0 bridgehead atoms. The van der Waals surface area contributed by atoms with E-state index in [1.54, 1.807) is 30.3 Å². The first-order valence-corrected chi connectivity index (χ1v) is 5.85. The highest BCUT2D eigenvalue weighted by Gasteiger charge is 2.11. The van der Waals surface area contributed by atoms with Crippen molar-refractivity contribution in [1.82, 2.24) is 0 Å². The molecule has 0 fully saturated rings. The topological polar surface area (TPSA) is 56.0 Å². The molecule has 19 heavy (non-hydrogen) atoms. The minimum atomic E-state index is -0.450. The number of nitrogens with one attached hydrogen (secondary N) is 1. The van der Waals surface area contributed by atoms with Crippen molar-refractivity contribution in [3.8, 4) is 11.8 Å². The van der Waals surface area contributed by atoms with Gasteiger partial charge in [-0.25, -0.2) is 4.39 Å². The molecule has 0 spiro atoms. The van der Waals surface area contributed by atoms with Crippen LogP contribution in [0.1, 0.15) is 24.1 Å². The Hall–Kier alpha value is -2.54. The van der Waals surface area contributed by atoms with E-state index in [1.165, 1.54) is 6.07 Å². The monoisotopic (exact) mass is 256 g/mol. The third kappa shape index (κ3) is 3.02. The van der Waals surface area contributed by atoms with Crippen molar-refractivity contribution in [3.63, 3.8) is 0 Å². The number of aromatic hydroxyl groups is 1. The number of hydrogen-bond donors (Lipinski definition) is 2. The lowest BCUT2D eigenvalue weighted by Crippen LogP contribution is -2.08. The third-order valence-corrected chi connectivity index (χ3v) is 2.85. The van der Waals surface area contributed by atoms with Crippen molar-refractivity contribution >= 4 is 5.69 Å². The zero-order valence-corrected chi connectivity index (χ0v) is 10.4. The normalized spacial score (nSPS) is 11.6. The maximum Gasteiger partial charge on any atom is 0.132 e.